The highest BCUT2D eigenvalue weighted by Gasteiger charge is 2.29. The van der Waals surface area contributed by atoms with Gasteiger partial charge in [-0.25, -0.2) is 13.4 Å². The number of hydrogen-bond acceptors (Lipinski definition) is 4. The Hall–Kier alpha value is -2.06. The van der Waals surface area contributed by atoms with Crippen LogP contribution < -0.4 is 5.32 Å². The highest BCUT2D eigenvalue weighted by atomic mass is 35.5. The van der Waals surface area contributed by atoms with E-state index in [1.807, 2.05) is 0 Å². The number of nitrogens with zero attached hydrogens (tertiary/aromatic N) is 1. The van der Waals surface area contributed by atoms with Crippen LogP contribution in [0.3, 0.4) is 0 Å². The van der Waals surface area contributed by atoms with Crippen molar-refractivity contribution < 1.29 is 22.0 Å². The number of amides is 1. The number of pyridine rings is 1. The summed E-state index contributed by atoms with van der Waals surface area (Å²) in [4.78, 5) is 15.1. The van der Waals surface area contributed by atoms with Crippen LogP contribution in [0.15, 0.2) is 47.5 Å². The number of halogens is 3. The fraction of sp³-hybridized carbons (Fsp3) is 0.0769. The summed E-state index contributed by atoms with van der Waals surface area (Å²) in [7, 11) is -4.83. The average molecular weight is 347 g/mol. The van der Waals surface area contributed by atoms with Crippen molar-refractivity contribution in [3.63, 3.8) is 0 Å². The van der Waals surface area contributed by atoms with Gasteiger partial charge in [-0.3, -0.25) is 4.79 Å². The van der Waals surface area contributed by atoms with Gasteiger partial charge in [-0.1, -0.05) is 23.7 Å². The van der Waals surface area contributed by atoms with Crippen LogP contribution in [0.4, 0.5) is 14.5 Å². The number of carbonyl (C=O) groups excluding carboxylic acids is 1. The predicted octanol–water partition coefficient (Wildman–Crippen LogP) is 2.98. The van der Waals surface area contributed by atoms with E-state index in [0.29, 0.717) is 0 Å². The molecule has 1 N–H and O–H groups in total. The van der Waals surface area contributed by atoms with E-state index in [0.717, 1.165) is 6.07 Å². The summed E-state index contributed by atoms with van der Waals surface area (Å²) in [5, 5.41) is 2.45. The third kappa shape index (κ3) is 3.40. The first-order chi connectivity index (χ1) is 10.3. The second kappa shape index (κ2) is 6.37. The average Bonchev–Trinajstić information content (AvgIpc) is 2.48. The molecule has 1 aromatic heterocycles. The van der Waals surface area contributed by atoms with Crippen LogP contribution in [0.5, 0.6) is 0 Å². The van der Waals surface area contributed by atoms with Gasteiger partial charge in [0.15, 0.2) is 0 Å². The van der Waals surface area contributed by atoms with Crippen LogP contribution in [0.1, 0.15) is 10.4 Å². The van der Waals surface area contributed by atoms with Crippen molar-refractivity contribution in [3.8, 4) is 0 Å². The number of aromatic nitrogens is 1. The zero-order valence-electron chi connectivity index (χ0n) is 10.8. The molecule has 0 bridgehead atoms. The molecule has 0 fully saturated rings. The molecule has 0 saturated heterocycles. The lowest BCUT2D eigenvalue weighted by molar-refractivity contribution is 0.102. The Balaban J connectivity index is 2.35. The van der Waals surface area contributed by atoms with Gasteiger partial charge in [0.1, 0.15) is 5.15 Å². The van der Waals surface area contributed by atoms with E-state index in [2.05, 4.69) is 10.3 Å². The van der Waals surface area contributed by atoms with Crippen LogP contribution in [-0.4, -0.2) is 25.1 Å². The summed E-state index contributed by atoms with van der Waals surface area (Å²) in [5.41, 5.74) is -0.128. The number of alkyl halides is 2. The first-order valence-electron chi connectivity index (χ1n) is 5.86. The fourth-order valence-corrected chi connectivity index (χ4v) is 2.62. The number of sulfone groups is 1. The molecular formula is C13H9ClF2N2O3S. The molecule has 5 nitrogen and oxygen atoms in total. The van der Waals surface area contributed by atoms with E-state index in [9.17, 15) is 22.0 Å². The molecule has 0 aliphatic rings. The zero-order valence-corrected chi connectivity index (χ0v) is 12.4. The first kappa shape index (κ1) is 16.3. The highest BCUT2D eigenvalue weighted by Crippen LogP contribution is 2.26. The van der Waals surface area contributed by atoms with Gasteiger partial charge < -0.3 is 5.32 Å². The normalized spacial score (nSPS) is 11.5. The monoisotopic (exact) mass is 346 g/mol. The van der Waals surface area contributed by atoms with Crippen LogP contribution >= 0.6 is 11.6 Å². The van der Waals surface area contributed by atoms with E-state index < -0.39 is 26.4 Å². The standard InChI is InChI=1S/C13H9ClF2N2O3S/c14-11-6-5-8(7-17-11)12(19)18-9-3-1-2-4-10(9)22(20,21)13(15)16/h1-7,13H,(H,18,19). The smallest absolute Gasteiger partial charge is 0.321 e. The number of rotatable bonds is 4. The van der Waals surface area contributed by atoms with Gasteiger partial charge in [0.25, 0.3) is 5.91 Å². The minimum absolute atomic E-state index is 0.105. The Labute approximate surface area is 129 Å². The molecule has 0 aliphatic heterocycles. The quantitative estimate of drug-likeness (QED) is 0.863. The second-order valence-electron chi connectivity index (χ2n) is 4.13. The van der Waals surface area contributed by atoms with E-state index in [1.165, 1.54) is 36.5 Å². The first-order valence-corrected chi connectivity index (χ1v) is 7.79. The maximum absolute atomic E-state index is 12.7. The zero-order chi connectivity index (χ0) is 16.3. The van der Waals surface area contributed by atoms with Crippen LogP contribution in [-0.2, 0) is 9.84 Å². The van der Waals surface area contributed by atoms with Crippen LogP contribution in [0, 0.1) is 0 Å². The summed E-state index contributed by atoms with van der Waals surface area (Å²) in [6.45, 7) is 0. The van der Waals surface area contributed by atoms with E-state index >= 15 is 0 Å². The predicted molar refractivity (Wildman–Crippen MR) is 76.8 cm³/mol. The topological polar surface area (TPSA) is 76.1 Å². The molecule has 0 spiro atoms. The number of hydrogen-bond donors (Lipinski definition) is 1. The molecule has 0 atom stereocenters. The minimum atomic E-state index is -4.83. The molecule has 1 amide bonds. The summed E-state index contributed by atoms with van der Waals surface area (Å²) in [6, 6.07) is 7.66. The van der Waals surface area contributed by atoms with Gasteiger partial charge in [-0.05, 0) is 24.3 Å². The largest absolute Gasteiger partial charge is 0.341 e. The lowest BCUT2D eigenvalue weighted by atomic mass is 10.2. The SMILES string of the molecule is O=C(Nc1ccccc1S(=O)(=O)C(F)F)c1ccc(Cl)nc1. The summed E-state index contributed by atoms with van der Waals surface area (Å²) in [6.07, 6.45) is 1.18. The fourth-order valence-electron chi connectivity index (χ4n) is 1.62. The minimum Gasteiger partial charge on any atom is -0.321 e. The molecule has 2 aromatic rings. The van der Waals surface area contributed by atoms with Crippen molar-refractivity contribution >= 4 is 33.0 Å². The Bertz CT molecular complexity index is 795. The van der Waals surface area contributed by atoms with Crippen LogP contribution in [0.2, 0.25) is 5.15 Å². The van der Waals surface area contributed by atoms with Crippen molar-refractivity contribution in [3.05, 3.63) is 53.3 Å². The van der Waals surface area contributed by atoms with Gasteiger partial charge in [0.2, 0.25) is 9.84 Å². The highest BCUT2D eigenvalue weighted by molar-refractivity contribution is 7.91. The number of anilines is 1. The third-order valence-corrected chi connectivity index (χ3v) is 4.33. The van der Waals surface area contributed by atoms with Crippen molar-refractivity contribution in [2.45, 2.75) is 10.7 Å². The van der Waals surface area contributed by atoms with Crippen molar-refractivity contribution in [1.29, 1.82) is 0 Å². The molecule has 9 heteroatoms. The van der Waals surface area contributed by atoms with Gasteiger partial charge >= 0.3 is 5.76 Å². The molecule has 0 unspecified atom stereocenters. The summed E-state index contributed by atoms with van der Waals surface area (Å²) < 4.78 is 48.5. The number of nitrogens with one attached hydrogen (secondary N) is 1. The van der Waals surface area contributed by atoms with E-state index in [-0.39, 0.29) is 16.4 Å². The molecule has 2 rings (SSSR count). The lowest BCUT2D eigenvalue weighted by Gasteiger charge is -2.11. The summed E-state index contributed by atoms with van der Waals surface area (Å²) in [5.74, 6) is -4.27. The molecular weight excluding hydrogens is 338 g/mol. The third-order valence-electron chi connectivity index (χ3n) is 2.67. The van der Waals surface area contributed by atoms with Gasteiger partial charge in [0, 0.05) is 6.20 Å². The molecule has 0 saturated carbocycles. The van der Waals surface area contributed by atoms with E-state index in [1.54, 1.807) is 0 Å². The van der Waals surface area contributed by atoms with Crippen molar-refractivity contribution in [2.24, 2.45) is 0 Å². The van der Waals surface area contributed by atoms with Gasteiger partial charge in [-0.2, -0.15) is 8.78 Å². The number of benzene rings is 1. The molecule has 22 heavy (non-hydrogen) atoms. The lowest BCUT2D eigenvalue weighted by Crippen LogP contribution is -2.18. The number of para-hydroxylation sites is 1. The Kier molecular flexibility index (Phi) is 4.72. The second-order valence-corrected chi connectivity index (χ2v) is 6.40. The molecule has 1 heterocycles. The Morgan fingerprint density at radius 3 is 2.45 bits per heavy atom. The van der Waals surface area contributed by atoms with E-state index in [4.69, 9.17) is 11.6 Å². The Morgan fingerprint density at radius 1 is 1.18 bits per heavy atom. The maximum Gasteiger partial charge on any atom is 0.341 e. The number of carbonyl (C=O) groups is 1. The van der Waals surface area contributed by atoms with Gasteiger partial charge in [0.05, 0.1) is 16.1 Å². The molecule has 116 valence electrons. The van der Waals surface area contributed by atoms with Crippen molar-refractivity contribution in [2.75, 3.05) is 5.32 Å². The molecule has 0 radical (unpaired) electrons. The molecule has 1 aromatic carbocycles. The van der Waals surface area contributed by atoms with Crippen molar-refractivity contribution in [1.82, 2.24) is 4.98 Å². The van der Waals surface area contributed by atoms with Gasteiger partial charge in [-0.15, -0.1) is 0 Å². The maximum atomic E-state index is 12.7. The summed E-state index contributed by atoms with van der Waals surface area (Å²) >= 11 is 5.59. The molecule has 0 aliphatic carbocycles. The Morgan fingerprint density at radius 2 is 1.86 bits per heavy atom. The van der Waals surface area contributed by atoms with Crippen LogP contribution in [0.25, 0.3) is 0 Å².